The van der Waals surface area contributed by atoms with Gasteiger partial charge in [0.25, 0.3) is 0 Å². The van der Waals surface area contributed by atoms with Crippen LogP contribution in [0.2, 0.25) is 0 Å². The number of phenolic OH excluding ortho intramolecular Hbond substituents is 1. The second-order valence-corrected chi connectivity index (χ2v) is 7.51. The molecule has 0 saturated heterocycles. The maximum atomic E-state index is 9.87. The summed E-state index contributed by atoms with van der Waals surface area (Å²) in [4.78, 5) is 2.11. The Balaban J connectivity index is 1.81. The Hall–Kier alpha value is -2.94. The van der Waals surface area contributed by atoms with Crippen LogP contribution < -0.4 is 9.64 Å². The lowest BCUT2D eigenvalue weighted by molar-refractivity contribution is 0.248. The van der Waals surface area contributed by atoms with Crippen LogP contribution in [0.15, 0.2) is 66.7 Å². The molecule has 0 bridgehead atoms. The first kappa shape index (κ1) is 17.5. The van der Waals surface area contributed by atoms with Crippen molar-refractivity contribution in [3.63, 3.8) is 0 Å². The van der Waals surface area contributed by atoms with Crippen LogP contribution in [0.3, 0.4) is 0 Å². The van der Waals surface area contributed by atoms with E-state index in [0.717, 1.165) is 11.3 Å². The molecule has 1 heterocycles. The van der Waals surface area contributed by atoms with Gasteiger partial charge in [-0.1, -0.05) is 48.0 Å². The van der Waals surface area contributed by atoms with Gasteiger partial charge in [0.2, 0.25) is 0 Å². The lowest BCUT2D eigenvalue weighted by Gasteiger charge is -2.34. The van der Waals surface area contributed by atoms with E-state index < -0.39 is 0 Å². The highest BCUT2D eigenvalue weighted by atomic mass is 16.5. The van der Waals surface area contributed by atoms with Crippen molar-refractivity contribution in [2.75, 3.05) is 25.6 Å². The summed E-state index contributed by atoms with van der Waals surface area (Å²) in [6, 6.07) is 23.0. The highest BCUT2D eigenvalue weighted by Crippen LogP contribution is 2.47. The van der Waals surface area contributed by atoms with E-state index in [2.05, 4.69) is 74.4 Å². The number of ether oxygens (including phenoxy) is 1. The standard InChI is InChI=1S/C24H25NO2/c1-16-4-6-17(7-5-16)22-15-27-23-14-20(26)12-13-21(23)24(22)18-8-10-19(11-9-18)25(2)3/h4-14,22,24,26H,15H2,1-3H3. The SMILES string of the molecule is Cc1ccc(C2COc3cc(O)ccc3C2c2ccc(N(C)C)cc2)cc1. The third-order valence-corrected chi connectivity index (χ3v) is 5.43. The predicted octanol–water partition coefficient (Wildman–Crippen LogP) is 5.07. The normalized spacial score (nSPS) is 18.5. The van der Waals surface area contributed by atoms with Gasteiger partial charge >= 0.3 is 0 Å². The third kappa shape index (κ3) is 3.37. The molecule has 3 aromatic carbocycles. The Morgan fingerprint density at radius 2 is 1.56 bits per heavy atom. The summed E-state index contributed by atoms with van der Waals surface area (Å²) >= 11 is 0. The fourth-order valence-electron chi connectivity index (χ4n) is 3.89. The largest absolute Gasteiger partial charge is 0.508 e. The zero-order chi connectivity index (χ0) is 19.0. The molecule has 0 radical (unpaired) electrons. The molecule has 2 atom stereocenters. The molecular weight excluding hydrogens is 334 g/mol. The van der Waals surface area contributed by atoms with Gasteiger partial charge in [0.1, 0.15) is 11.5 Å². The van der Waals surface area contributed by atoms with Crippen molar-refractivity contribution in [2.24, 2.45) is 0 Å². The smallest absolute Gasteiger partial charge is 0.126 e. The molecule has 0 aliphatic carbocycles. The van der Waals surface area contributed by atoms with E-state index in [1.807, 2.05) is 6.07 Å². The first-order valence-corrected chi connectivity index (χ1v) is 9.32. The summed E-state index contributed by atoms with van der Waals surface area (Å²) in [5.41, 5.74) is 6.11. The molecule has 3 heteroatoms. The molecule has 3 nitrogen and oxygen atoms in total. The Morgan fingerprint density at radius 1 is 0.889 bits per heavy atom. The van der Waals surface area contributed by atoms with Crippen molar-refractivity contribution < 1.29 is 9.84 Å². The predicted molar refractivity (Wildman–Crippen MR) is 110 cm³/mol. The average Bonchev–Trinajstić information content (AvgIpc) is 2.68. The minimum atomic E-state index is 0.188. The molecule has 0 spiro atoms. The molecule has 0 fully saturated rings. The minimum absolute atomic E-state index is 0.188. The van der Waals surface area contributed by atoms with E-state index >= 15 is 0 Å². The highest BCUT2D eigenvalue weighted by Gasteiger charge is 2.33. The number of fused-ring (bicyclic) bond motifs is 1. The lowest BCUT2D eigenvalue weighted by atomic mass is 9.75. The van der Waals surface area contributed by atoms with Crippen LogP contribution in [0.1, 0.15) is 34.1 Å². The van der Waals surface area contributed by atoms with Crippen LogP contribution in [0.5, 0.6) is 11.5 Å². The molecule has 138 valence electrons. The maximum Gasteiger partial charge on any atom is 0.126 e. The molecule has 0 aromatic heterocycles. The fraction of sp³-hybridized carbons (Fsp3) is 0.250. The molecule has 0 saturated carbocycles. The van der Waals surface area contributed by atoms with Crippen molar-refractivity contribution in [3.05, 3.63) is 89.0 Å². The highest BCUT2D eigenvalue weighted by molar-refractivity contribution is 5.53. The number of nitrogens with zero attached hydrogens (tertiary/aromatic N) is 1. The van der Waals surface area contributed by atoms with Gasteiger partial charge in [0, 0.05) is 43.2 Å². The second kappa shape index (κ2) is 6.99. The van der Waals surface area contributed by atoms with Gasteiger partial charge in [0.15, 0.2) is 0 Å². The van der Waals surface area contributed by atoms with E-state index in [1.54, 1.807) is 12.1 Å². The average molecular weight is 359 g/mol. The number of hydrogen-bond acceptors (Lipinski definition) is 3. The topological polar surface area (TPSA) is 32.7 Å². The van der Waals surface area contributed by atoms with Gasteiger partial charge in [-0.2, -0.15) is 0 Å². The number of rotatable bonds is 3. The lowest BCUT2D eigenvalue weighted by Crippen LogP contribution is -2.25. The molecule has 1 aliphatic rings. The van der Waals surface area contributed by atoms with Crippen LogP contribution >= 0.6 is 0 Å². The number of hydrogen-bond donors (Lipinski definition) is 1. The Bertz CT molecular complexity index is 930. The van der Waals surface area contributed by atoms with Crippen LogP contribution in [0.25, 0.3) is 0 Å². The summed E-state index contributed by atoms with van der Waals surface area (Å²) in [5.74, 6) is 1.44. The summed E-state index contributed by atoms with van der Waals surface area (Å²) < 4.78 is 6.05. The van der Waals surface area contributed by atoms with Gasteiger partial charge < -0.3 is 14.7 Å². The van der Waals surface area contributed by atoms with Crippen molar-refractivity contribution in [3.8, 4) is 11.5 Å². The summed E-state index contributed by atoms with van der Waals surface area (Å²) in [6.45, 7) is 2.70. The molecular formula is C24H25NO2. The Morgan fingerprint density at radius 3 is 2.22 bits per heavy atom. The van der Waals surface area contributed by atoms with Crippen molar-refractivity contribution >= 4 is 5.69 Å². The number of phenols is 1. The molecule has 27 heavy (non-hydrogen) atoms. The van der Waals surface area contributed by atoms with E-state index in [-0.39, 0.29) is 17.6 Å². The minimum Gasteiger partial charge on any atom is -0.508 e. The molecule has 3 aromatic rings. The zero-order valence-corrected chi connectivity index (χ0v) is 16.0. The first-order chi connectivity index (χ1) is 13.0. The van der Waals surface area contributed by atoms with Crippen LogP contribution in [0.4, 0.5) is 5.69 Å². The second-order valence-electron chi connectivity index (χ2n) is 7.51. The number of anilines is 1. The van der Waals surface area contributed by atoms with E-state index in [9.17, 15) is 5.11 Å². The summed E-state index contributed by atoms with van der Waals surface area (Å²) in [6.07, 6.45) is 0. The number of aryl methyl sites for hydroxylation is 1. The molecule has 4 rings (SSSR count). The first-order valence-electron chi connectivity index (χ1n) is 9.32. The molecule has 0 amide bonds. The molecule has 1 N–H and O–H groups in total. The Kier molecular flexibility index (Phi) is 4.53. The maximum absolute atomic E-state index is 9.87. The zero-order valence-electron chi connectivity index (χ0n) is 16.0. The van der Waals surface area contributed by atoms with Gasteiger partial charge in [-0.3, -0.25) is 0 Å². The van der Waals surface area contributed by atoms with Crippen molar-refractivity contribution in [1.82, 2.24) is 0 Å². The van der Waals surface area contributed by atoms with Crippen molar-refractivity contribution in [2.45, 2.75) is 18.8 Å². The molecule has 2 unspecified atom stereocenters. The van der Waals surface area contributed by atoms with Crippen LogP contribution in [-0.4, -0.2) is 25.8 Å². The monoisotopic (exact) mass is 359 g/mol. The quantitative estimate of drug-likeness (QED) is 0.708. The fourth-order valence-corrected chi connectivity index (χ4v) is 3.89. The van der Waals surface area contributed by atoms with E-state index in [0.29, 0.717) is 6.61 Å². The van der Waals surface area contributed by atoms with E-state index in [1.165, 1.54) is 22.4 Å². The summed E-state index contributed by atoms with van der Waals surface area (Å²) in [7, 11) is 4.10. The number of benzene rings is 3. The third-order valence-electron chi connectivity index (χ3n) is 5.43. The number of aromatic hydroxyl groups is 1. The van der Waals surface area contributed by atoms with Gasteiger partial charge in [0.05, 0.1) is 6.61 Å². The summed E-state index contributed by atoms with van der Waals surface area (Å²) in [5, 5.41) is 9.87. The Labute approximate surface area is 160 Å². The van der Waals surface area contributed by atoms with Crippen molar-refractivity contribution in [1.29, 1.82) is 0 Å². The van der Waals surface area contributed by atoms with Crippen LogP contribution in [-0.2, 0) is 0 Å². The molecule has 1 aliphatic heterocycles. The van der Waals surface area contributed by atoms with Gasteiger partial charge in [-0.25, -0.2) is 0 Å². The van der Waals surface area contributed by atoms with Crippen LogP contribution in [0, 0.1) is 6.92 Å². The van der Waals surface area contributed by atoms with Gasteiger partial charge in [-0.15, -0.1) is 0 Å². The van der Waals surface area contributed by atoms with E-state index in [4.69, 9.17) is 4.74 Å². The van der Waals surface area contributed by atoms with Gasteiger partial charge in [-0.05, 0) is 36.2 Å².